The molecule has 0 radical (unpaired) electrons. The Morgan fingerprint density at radius 3 is 2.50 bits per heavy atom. The van der Waals surface area contributed by atoms with Crippen molar-refractivity contribution in [2.45, 2.75) is 0 Å². The summed E-state index contributed by atoms with van der Waals surface area (Å²) < 4.78 is 1.08. The first-order valence-electron chi connectivity index (χ1n) is 6.13. The second kappa shape index (κ2) is 5.48. The van der Waals surface area contributed by atoms with E-state index < -0.39 is 0 Å². The lowest BCUT2D eigenvalue weighted by Crippen LogP contribution is -2.08. The molecule has 4 N–H and O–H groups in total. The van der Waals surface area contributed by atoms with Crippen LogP contribution in [0.25, 0.3) is 10.8 Å². The predicted octanol–water partition coefficient (Wildman–Crippen LogP) is 4.03. The Hall–Kier alpha value is -2.11. The van der Waals surface area contributed by atoms with Crippen LogP contribution < -0.4 is 16.6 Å². The van der Waals surface area contributed by atoms with Gasteiger partial charge in [0.15, 0.2) is 0 Å². The number of hydrazine groups is 1. The molecule has 3 aromatic rings. The summed E-state index contributed by atoms with van der Waals surface area (Å²) >= 11 is 3.48. The quantitative estimate of drug-likeness (QED) is 0.501. The van der Waals surface area contributed by atoms with Crippen LogP contribution in [0.5, 0.6) is 0 Å². The van der Waals surface area contributed by atoms with E-state index in [1.165, 1.54) is 10.8 Å². The van der Waals surface area contributed by atoms with Crippen molar-refractivity contribution in [3.05, 3.63) is 59.2 Å². The van der Waals surface area contributed by atoms with E-state index in [4.69, 9.17) is 5.84 Å². The minimum absolute atomic E-state index is 0.625. The zero-order chi connectivity index (χ0) is 13.9. The Labute approximate surface area is 125 Å². The Morgan fingerprint density at radius 1 is 0.900 bits per heavy atom. The van der Waals surface area contributed by atoms with Gasteiger partial charge in [-0.15, -0.1) is 0 Å². The summed E-state index contributed by atoms with van der Waals surface area (Å²) in [7, 11) is 0. The van der Waals surface area contributed by atoms with Crippen LogP contribution in [-0.4, -0.2) is 4.98 Å². The molecule has 0 saturated carbocycles. The third kappa shape index (κ3) is 2.74. The lowest BCUT2D eigenvalue weighted by atomic mass is 10.1. The molecule has 0 unspecified atom stereocenters. The molecule has 0 amide bonds. The Balaban J connectivity index is 1.92. The molecule has 20 heavy (non-hydrogen) atoms. The summed E-state index contributed by atoms with van der Waals surface area (Å²) in [6.07, 6.45) is 1.70. The molecule has 0 atom stereocenters. The number of rotatable bonds is 3. The van der Waals surface area contributed by atoms with Crippen molar-refractivity contribution in [1.82, 2.24) is 4.98 Å². The van der Waals surface area contributed by atoms with Crippen LogP contribution in [0, 0.1) is 0 Å². The second-order valence-corrected chi connectivity index (χ2v) is 5.32. The molecular weight excluding hydrogens is 316 g/mol. The van der Waals surface area contributed by atoms with Gasteiger partial charge in [0.25, 0.3) is 0 Å². The van der Waals surface area contributed by atoms with E-state index in [1.54, 1.807) is 6.20 Å². The molecule has 5 heteroatoms. The van der Waals surface area contributed by atoms with E-state index in [0.29, 0.717) is 5.82 Å². The van der Waals surface area contributed by atoms with E-state index in [9.17, 15) is 0 Å². The van der Waals surface area contributed by atoms with Gasteiger partial charge in [0.2, 0.25) is 0 Å². The number of aromatic nitrogens is 1. The summed E-state index contributed by atoms with van der Waals surface area (Å²) in [6.45, 7) is 0. The number of pyridine rings is 1. The number of nitrogens with zero attached hydrogens (tertiary/aromatic N) is 1. The fraction of sp³-hybridized carbons (Fsp3) is 0. The number of hydrogen-bond acceptors (Lipinski definition) is 4. The molecule has 0 aliphatic rings. The van der Waals surface area contributed by atoms with E-state index in [2.05, 4.69) is 55.9 Å². The van der Waals surface area contributed by atoms with Gasteiger partial charge in [-0.2, -0.15) is 0 Å². The SMILES string of the molecule is NNc1cc(Nc2ccc3cc(Br)ccc3c2)ccn1. The molecule has 0 fully saturated rings. The molecule has 3 rings (SSSR count). The summed E-state index contributed by atoms with van der Waals surface area (Å²) in [4.78, 5) is 4.08. The first-order valence-corrected chi connectivity index (χ1v) is 6.93. The Morgan fingerprint density at radius 2 is 1.65 bits per heavy atom. The maximum atomic E-state index is 5.36. The first kappa shape index (κ1) is 12.9. The fourth-order valence-corrected chi connectivity index (χ4v) is 2.43. The largest absolute Gasteiger partial charge is 0.355 e. The Bertz CT molecular complexity index is 758. The topological polar surface area (TPSA) is 63.0 Å². The highest BCUT2D eigenvalue weighted by Crippen LogP contribution is 2.25. The maximum absolute atomic E-state index is 5.36. The number of nitrogen functional groups attached to an aromatic ring is 1. The fourth-order valence-electron chi connectivity index (χ4n) is 2.05. The number of anilines is 3. The lowest BCUT2D eigenvalue weighted by molar-refractivity contribution is 1.23. The molecule has 0 spiro atoms. The molecule has 4 nitrogen and oxygen atoms in total. The highest BCUT2D eigenvalue weighted by Gasteiger charge is 2.00. The molecule has 2 aromatic carbocycles. The smallest absolute Gasteiger partial charge is 0.141 e. The maximum Gasteiger partial charge on any atom is 0.141 e. The third-order valence-corrected chi connectivity index (χ3v) is 3.49. The van der Waals surface area contributed by atoms with E-state index in [1.807, 2.05) is 24.3 Å². The van der Waals surface area contributed by atoms with Crippen LogP contribution in [0.15, 0.2) is 59.2 Å². The highest BCUT2D eigenvalue weighted by molar-refractivity contribution is 9.10. The summed E-state index contributed by atoms with van der Waals surface area (Å²) in [5.41, 5.74) is 4.49. The van der Waals surface area contributed by atoms with E-state index >= 15 is 0 Å². The number of fused-ring (bicyclic) bond motifs is 1. The standard InChI is InChI=1S/C15H13BrN4/c16-12-3-1-11-8-13(4-2-10(11)7-12)19-14-5-6-18-15(9-14)20-17/h1-9H,17H2,(H2,18,19,20). The van der Waals surface area contributed by atoms with Crippen molar-refractivity contribution < 1.29 is 0 Å². The average molecular weight is 329 g/mol. The van der Waals surface area contributed by atoms with Crippen molar-refractivity contribution in [1.29, 1.82) is 0 Å². The summed E-state index contributed by atoms with van der Waals surface area (Å²) in [5, 5.41) is 5.72. The van der Waals surface area contributed by atoms with Crippen molar-refractivity contribution in [2.75, 3.05) is 10.7 Å². The van der Waals surface area contributed by atoms with Gasteiger partial charge in [-0.05, 0) is 41.1 Å². The van der Waals surface area contributed by atoms with Gasteiger partial charge in [0.05, 0.1) is 0 Å². The second-order valence-electron chi connectivity index (χ2n) is 4.41. The van der Waals surface area contributed by atoms with Crippen LogP contribution >= 0.6 is 15.9 Å². The zero-order valence-electron chi connectivity index (χ0n) is 10.6. The van der Waals surface area contributed by atoms with Gasteiger partial charge < -0.3 is 10.7 Å². The molecule has 0 aliphatic heterocycles. The summed E-state index contributed by atoms with van der Waals surface area (Å²) in [6, 6.07) is 16.2. The molecule has 0 bridgehead atoms. The van der Waals surface area contributed by atoms with Crippen molar-refractivity contribution in [2.24, 2.45) is 5.84 Å². The van der Waals surface area contributed by atoms with Gasteiger partial charge in [-0.1, -0.05) is 28.1 Å². The number of nitrogens with two attached hydrogens (primary N) is 1. The predicted molar refractivity (Wildman–Crippen MR) is 87.0 cm³/mol. The van der Waals surface area contributed by atoms with Gasteiger partial charge in [0.1, 0.15) is 5.82 Å². The third-order valence-electron chi connectivity index (χ3n) is 3.00. The minimum Gasteiger partial charge on any atom is -0.355 e. The molecule has 1 aromatic heterocycles. The van der Waals surface area contributed by atoms with Crippen LogP contribution in [0.2, 0.25) is 0 Å². The normalized spacial score (nSPS) is 10.5. The number of hydrogen-bond donors (Lipinski definition) is 3. The first-order chi connectivity index (χ1) is 9.74. The van der Waals surface area contributed by atoms with Crippen LogP contribution in [0.4, 0.5) is 17.2 Å². The molecular formula is C15H13BrN4. The zero-order valence-corrected chi connectivity index (χ0v) is 12.2. The van der Waals surface area contributed by atoms with Gasteiger partial charge >= 0.3 is 0 Å². The number of benzene rings is 2. The highest BCUT2D eigenvalue weighted by atomic mass is 79.9. The van der Waals surface area contributed by atoms with Crippen molar-refractivity contribution in [3.8, 4) is 0 Å². The Kier molecular flexibility index (Phi) is 3.54. The van der Waals surface area contributed by atoms with E-state index in [-0.39, 0.29) is 0 Å². The van der Waals surface area contributed by atoms with Crippen LogP contribution in [0.3, 0.4) is 0 Å². The van der Waals surface area contributed by atoms with Crippen LogP contribution in [-0.2, 0) is 0 Å². The van der Waals surface area contributed by atoms with Crippen molar-refractivity contribution >= 4 is 43.9 Å². The molecule has 0 aliphatic carbocycles. The van der Waals surface area contributed by atoms with Crippen molar-refractivity contribution in [3.63, 3.8) is 0 Å². The lowest BCUT2D eigenvalue weighted by Gasteiger charge is -2.09. The summed E-state index contributed by atoms with van der Waals surface area (Å²) in [5.74, 6) is 5.98. The molecule has 100 valence electrons. The van der Waals surface area contributed by atoms with Crippen LogP contribution in [0.1, 0.15) is 0 Å². The van der Waals surface area contributed by atoms with Gasteiger partial charge in [0, 0.05) is 28.1 Å². The average Bonchev–Trinajstić information content (AvgIpc) is 2.47. The minimum atomic E-state index is 0.625. The number of halogens is 1. The number of nitrogens with one attached hydrogen (secondary N) is 2. The molecule has 1 heterocycles. The van der Waals surface area contributed by atoms with Gasteiger partial charge in [-0.3, -0.25) is 0 Å². The monoisotopic (exact) mass is 328 g/mol. The van der Waals surface area contributed by atoms with Gasteiger partial charge in [-0.25, -0.2) is 10.8 Å². The van der Waals surface area contributed by atoms with E-state index in [0.717, 1.165) is 15.8 Å². The molecule has 0 saturated heterocycles.